The first-order chi connectivity index (χ1) is 25.5. The maximum atomic E-state index is 14.3. The molecule has 0 saturated carbocycles. The Bertz CT molecular complexity index is 2000. The van der Waals surface area contributed by atoms with Crippen molar-refractivity contribution in [1.82, 2.24) is 36.2 Å². The summed E-state index contributed by atoms with van der Waals surface area (Å²) in [6.07, 6.45) is -2.39. The number of nitrogens with one attached hydrogen (secondary N) is 5. The summed E-state index contributed by atoms with van der Waals surface area (Å²) in [5.41, 5.74) is 4.32. The first-order valence-corrected chi connectivity index (χ1v) is 17.5. The molecule has 2 aliphatic rings. The molecule has 1 fully saturated rings. The number of nitrogens with zero attached hydrogens (tertiary/aromatic N) is 3. The predicted octanol–water partition coefficient (Wildman–Crippen LogP) is 5.20. The highest BCUT2D eigenvalue weighted by atomic mass is 35.5. The van der Waals surface area contributed by atoms with Crippen LogP contribution in [-0.2, 0) is 35.3 Å². The van der Waals surface area contributed by atoms with Crippen LogP contribution in [0.5, 0.6) is 11.8 Å². The molecule has 6 rings (SSSR count). The Morgan fingerprint density at radius 1 is 0.925 bits per heavy atom. The highest BCUT2D eigenvalue weighted by molar-refractivity contribution is 6.36. The van der Waals surface area contributed by atoms with Crippen molar-refractivity contribution in [3.63, 3.8) is 0 Å². The molecule has 53 heavy (non-hydrogen) atoms. The van der Waals surface area contributed by atoms with Gasteiger partial charge in [-0.2, -0.15) is 18.2 Å². The number of halogens is 4. The molecule has 5 N–H and O–H groups in total. The molecule has 3 heterocycles. The second-order valence-corrected chi connectivity index (χ2v) is 13.1. The fourth-order valence-electron chi connectivity index (χ4n) is 6.72. The largest absolute Gasteiger partial charge is 0.481 e. The minimum atomic E-state index is -4.81. The van der Waals surface area contributed by atoms with E-state index in [0.717, 1.165) is 34.2 Å². The Morgan fingerprint density at radius 3 is 2.40 bits per heavy atom. The van der Waals surface area contributed by atoms with E-state index in [2.05, 4.69) is 36.6 Å². The Balaban J connectivity index is 1.24. The summed E-state index contributed by atoms with van der Waals surface area (Å²) in [7, 11) is 4.32. The first-order valence-electron chi connectivity index (χ1n) is 17.2. The van der Waals surface area contributed by atoms with Crippen molar-refractivity contribution < 1.29 is 32.2 Å². The third-order valence-electron chi connectivity index (χ3n) is 9.32. The van der Waals surface area contributed by atoms with Crippen molar-refractivity contribution in [1.29, 1.82) is 0 Å². The molecule has 2 aromatic carbocycles. The molecule has 1 aliphatic heterocycles. The van der Waals surface area contributed by atoms with Gasteiger partial charge in [-0.15, -0.1) is 0 Å². The molecule has 4 aromatic rings. The van der Waals surface area contributed by atoms with E-state index < -0.39 is 23.7 Å². The predicted molar refractivity (Wildman–Crippen MR) is 194 cm³/mol. The number of ether oxygens (including phenoxy) is 2. The molecule has 0 spiro atoms. The standard InChI is InChI=1S/C37H40ClF3N8O4/c1-42-31(51)19-44-18-29-36(53-3)49-34(33(46-29)37(39,40)41)47-27-14-12-23-22(6-4-7-24(23)27)25-8-5-9-26(32(25)38)28-13-10-20(35(48-28)52-2)16-43-17-21-11-15-30(50)45-21/h4-10,13,21,27,43-44H,11-12,14-19H2,1-3H3,(H,42,51)(H,45,50)(H,47,49)/t21-,27-/m0/s1. The number of carbonyl (C=O) groups is 2. The molecule has 12 nitrogen and oxygen atoms in total. The minimum Gasteiger partial charge on any atom is -0.481 e. The van der Waals surface area contributed by atoms with Gasteiger partial charge in [0.05, 0.1) is 37.5 Å². The second kappa shape index (κ2) is 16.4. The van der Waals surface area contributed by atoms with Crippen LogP contribution in [0.1, 0.15) is 53.4 Å². The summed E-state index contributed by atoms with van der Waals surface area (Å²) in [6.45, 7) is 0.869. The minimum absolute atomic E-state index is 0.0688. The lowest BCUT2D eigenvalue weighted by Crippen LogP contribution is -2.35. The average molecular weight is 753 g/mol. The second-order valence-electron chi connectivity index (χ2n) is 12.7. The van der Waals surface area contributed by atoms with Crippen LogP contribution in [0.2, 0.25) is 5.02 Å². The van der Waals surface area contributed by atoms with Gasteiger partial charge in [-0.3, -0.25) is 9.59 Å². The van der Waals surface area contributed by atoms with Crippen LogP contribution in [0.4, 0.5) is 19.0 Å². The fraction of sp³-hybridized carbons (Fsp3) is 0.378. The highest BCUT2D eigenvalue weighted by Crippen LogP contribution is 2.44. The van der Waals surface area contributed by atoms with E-state index in [9.17, 15) is 22.8 Å². The van der Waals surface area contributed by atoms with Crippen molar-refractivity contribution in [3.05, 3.63) is 81.6 Å². The van der Waals surface area contributed by atoms with Gasteiger partial charge in [0.2, 0.25) is 23.6 Å². The molecular formula is C37H40ClF3N8O4. The highest BCUT2D eigenvalue weighted by Gasteiger charge is 2.39. The number of hydrogen-bond acceptors (Lipinski definition) is 10. The van der Waals surface area contributed by atoms with Crippen LogP contribution >= 0.6 is 11.6 Å². The summed E-state index contributed by atoms with van der Waals surface area (Å²) in [5.74, 6) is -0.347. The van der Waals surface area contributed by atoms with Crippen LogP contribution in [0.3, 0.4) is 0 Å². The van der Waals surface area contributed by atoms with E-state index in [1.807, 2.05) is 48.5 Å². The summed E-state index contributed by atoms with van der Waals surface area (Å²) < 4.78 is 53.9. The van der Waals surface area contributed by atoms with Crippen molar-refractivity contribution in [3.8, 4) is 34.1 Å². The third-order valence-corrected chi connectivity index (χ3v) is 9.73. The van der Waals surface area contributed by atoms with Crippen molar-refractivity contribution in [2.45, 2.75) is 57.0 Å². The summed E-state index contributed by atoms with van der Waals surface area (Å²) >= 11 is 7.10. The normalized spacial score (nSPS) is 16.6. The zero-order valence-electron chi connectivity index (χ0n) is 29.4. The van der Waals surface area contributed by atoms with E-state index in [0.29, 0.717) is 54.5 Å². The Kier molecular flexibility index (Phi) is 11.6. The zero-order chi connectivity index (χ0) is 37.7. The van der Waals surface area contributed by atoms with E-state index >= 15 is 0 Å². The number of hydrogen-bond donors (Lipinski definition) is 5. The Hall–Kier alpha value is -4.99. The smallest absolute Gasteiger partial charge is 0.437 e. The van der Waals surface area contributed by atoms with E-state index in [1.54, 1.807) is 7.11 Å². The fourth-order valence-corrected chi connectivity index (χ4v) is 7.04. The number of anilines is 1. The molecule has 2 atom stereocenters. The van der Waals surface area contributed by atoms with Crippen LogP contribution in [0, 0.1) is 0 Å². The molecule has 0 bridgehead atoms. The molecule has 2 aromatic heterocycles. The van der Waals surface area contributed by atoms with Crippen LogP contribution in [0.25, 0.3) is 22.4 Å². The topological polar surface area (TPSA) is 151 Å². The number of rotatable bonds is 14. The number of fused-ring (bicyclic) bond motifs is 1. The van der Waals surface area contributed by atoms with Gasteiger partial charge in [-0.25, -0.2) is 9.97 Å². The maximum Gasteiger partial charge on any atom is 0.437 e. The maximum absolute atomic E-state index is 14.3. The van der Waals surface area contributed by atoms with Gasteiger partial charge in [0.25, 0.3) is 0 Å². The van der Waals surface area contributed by atoms with E-state index in [1.165, 1.54) is 14.2 Å². The average Bonchev–Trinajstić information content (AvgIpc) is 3.76. The van der Waals surface area contributed by atoms with Crippen LogP contribution < -0.4 is 36.1 Å². The molecule has 1 aliphatic carbocycles. The lowest BCUT2D eigenvalue weighted by Gasteiger charge is -2.21. The van der Waals surface area contributed by atoms with Crippen LogP contribution in [-0.4, -0.2) is 67.2 Å². The number of carbonyl (C=O) groups excluding carboxylic acids is 2. The Morgan fingerprint density at radius 2 is 1.68 bits per heavy atom. The first kappa shape index (κ1) is 37.8. The lowest BCUT2D eigenvalue weighted by molar-refractivity contribution is -0.141. The number of methoxy groups -OCH3 is 2. The summed E-state index contributed by atoms with van der Waals surface area (Å²) in [6, 6.07) is 14.8. The van der Waals surface area contributed by atoms with Gasteiger partial charge in [0, 0.05) is 55.8 Å². The Labute approximate surface area is 309 Å². The number of likely N-dealkylation sites (N-methyl/N-ethyl adjacent to an activating group) is 1. The van der Waals surface area contributed by atoms with Gasteiger partial charge in [0.1, 0.15) is 5.69 Å². The molecule has 2 amide bonds. The summed E-state index contributed by atoms with van der Waals surface area (Å²) in [4.78, 5) is 36.0. The van der Waals surface area contributed by atoms with Crippen LogP contribution in [0.15, 0.2) is 48.5 Å². The molecule has 0 unspecified atom stereocenters. The van der Waals surface area contributed by atoms with E-state index in [4.69, 9.17) is 26.1 Å². The monoisotopic (exact) mass is 752 g/mol. The van der Waals surface area contributed by atoms with E-state index in [-0.39, 0.29) is 42.5 Å². The third kappa shape index (κ3) is 8.47. The molecule has 1 saturated heterocycles. The molecular weight excluding hydrogens is 713 g/mol. The van der Waals surface area contributed by atoms with Gasteiger partial charge in [-0.05, 0) is 42.0 Å². The number of alkyl halides is 3. The van der Waals surface area contributed by atoms with Gasteiger partial charge in [-0.1, -0.05) is 54.1 Å². The SMILES string of the molecule is CNC(=O)CNCc1nc(C(F)(F)F)c(N[C@H]2CCc3c(-c4cccc(-c5ccc(CNC[C@@H]6CCC(=O)N6)c(OC)n5)c4Cl)cccc32)nc1OC. The lowest BCUT2D eigenvalue weighted by atomic mass is 9.94. The summed E-state index contributed by atoms with van der Waals surface area (Å²) in [5, 5.41) is 15.0. The number of amides is 2. The number of pyridine rings is 1. The molecule has 0 radical (unpaired) electrons. The van der Waals surface area contributed by atoms with Gasteiger partial charge >= 0.3 is 6.18 Å². The van der Waals surface area contributed by atoms with Gasteiger partial charge < -0.3 is 36.1 Å². The molecule has 280 valence electrons. The van der Waals surface area contributed by atoms with Crippen molar-refractivity contribution in [2.24, 2.45) is 0 Å². The van der Waals surface area contributed by atoms with Crippen molar-refractivity contribution >= 4 is 29.2 Å². The number of aromatic nitrogens is 3. The number of benzene rings is 2. The quantitative estimate of drug-likeness (QED) is 0.116. The zero-order valence-corrected chi connectivity index (χ0v) is 30.2. The van der Waals surface area contributed by atoms with Crippen molar-refractivity contribution in [2.75, 3.05) is 39.7 Å². The van der Waals surface area contributed by atoms with Gasteiger partial charge in [0.15, 0.2) is 11.5 Å². The molecule has 16 heteroatoms.